The molecule has 2 N–H and O–H groups in total. The number of hydrogen-bond acceptors (Lipinski definition) is 4. The van der Waals surface area contributed by atoms with Crippen LogP contribution in [0.25, 0.3) is 5.57 Å². The molecule has 0 radical (unpaired) electrons. The van der Waals surface area contributed by atoms with Gasteiger partial charge in [-0.3, -0.25) is 0 Å². The van der Waals surface area contributed by atoms with Gasteiger partial charge in [0, 0.05) is 16.0 Å². The van der Waals surface area contributed by atoms with E-state index in [1.807, 2.05) is 0 Å². The van der Waals surface area contributed by atoms with Crippen molar-refractivity contribution < 1.29 is 19.4 Å². The Balaban J connectivity index is 2.79. The summed E-state index contributed by atoms with van der Waals surface area (Å²) in [5, 5.41) is 13.1. The number of carbonyl (C=O) groups excluding carboxylic acids is 1. The summed E-state index contributed by atoms with van der Waals surface area (Å²) in [6.07, 6.45) is -1.04. The molecule has 0 saturated heterocycles. The van der Waals surface area contributed by atoms with E-state index in [0.717, 1.165) is 5.54 Å². The van der Waals surface area contributed by atoms with Gasteiger partial charge in [0.25, 0.3) is 0 Å². The van der Waals surface area contributed by atoms with E-state index in [9.17, 15) is 14.7 Å². The first kappa shape index (κ1) is 18.4. The molecule has 1 atom stereocenters. The van der Waals surface area contributed by atoms with Crippen LogP contribution in [-0.2, 0) is 9.53 Å². The second kappa shape index (κ2) is 8.10. The largest absolute Gasteiger partial charge is 0.479 e. The van der Waals surface area contributed by atoms with Crippen LogP contribution in [0.4, 0.5) is 4.79 Å². The van der Waals surface area contributed by atoms with Gasteiger partial charge in [0.2, 0.25) is 3.79 Å². The number of hydrogen-bond donors (Lipinski definition) is 2. The third-order valence-electron chi connectivity index (χ3n) is 2.11. The lowest BCUT2D eigenvalue weighted by atomic mass is 10.1. The highest BCUT2D eigenvalue weighted by Crippen LogP contribution is 2.27. The van der Waals surface area contributed by atoms with Gasteiger partial charge in [-0.15, -0.1) is 11.3 Å². The molecule has 0 aliphatic heterocycles. The van der Waals surface area contributed by atoms with Crippen molar-refractivity contribution in [2.75, 3.05) is 6.61 Å². The van der Waals surface area contributed by atoms with Gasteiger partial charge in [0.15, 0.2) is 6.04 Å². The molecular weight excluding hydrogens is 384 g/mol. The molecule has 5 nitrogen and oxygen atoms in total. The minimum absolute atomic E-state index is 0.213. The van der Waals surface area contributed by atoms with E-state index in [1.54, 1.807) is 17.5 Å². The highest BCUT2D eigenvalue weighted by Gasteiger charge is 2.28. The van der Waals surface area contributed by atoms with Crippen molar-refractivity contribution in [3.63, 3.8) is 0 Å². The zero-order valence-electron chi connectivity index (χ0n) is 10.2. The molecule has 116 valence electrons. The molecule has 0 fully saturated rings. The third kappa shape index (κ3) is 6.32. The molecule has 0 aromatic carbocycles. The fourth-order valence-corrected chi connectivity index (χ4v) is 2.53. The lowest BCUT2D eigenvalue weighted by Gasteiger charge is -2.18. The SMILES string of the molecule is O=C(NC(C(=O)O)/C(=C\Cl)c1cccs1)OCC(Cl)(Cl)Cl. The highest BCUT2D eigenvalue weighted by molar-refractivity contribution is 7.11. The smallest absolute Gasteiger partial charge is 0.408 e. The molecule has 10 heteroatoms. The van der Waals surface area contributed by atoms with Crippen LogP contribution >= 0.6 is 57.7 Å². The summed E-state index contributed by atoms with van der Waals surface area (Å²) >= 11 is 23.2. The lowest BCUT2D eigenvalue weighted by Crippen LogP contribution is -2.42. The van der Waals surface area contributed by atoms with Gasteiger partial charge in [-0.2, -0.15) is 0 Å². The normalized spacial score (nSPS) is 13.6. The van der Waals surface area contributed by atoms with E-state index < -0.39 is 28.5 Å². The highest BCUT2D eigenvalue weighted by atomic mass is 35.6. The number of alkyl carbamates (subject to hydrolysis) is 1. The number of amides is 1. The van der Waals surface area contributed by atoms with Crippen LogP contribution in [0.3, 0.4) is 0 Å². The fraction of sp³-hybridized carbons (Fsp3) is 0.273. The molecule has 1 heterocycles. The first-order valence-corrected chi connectivity index (χ1v) is 7.76. The van der Waals surface area contributed by atoms with Crippen LogP contribution in [0.1, 0.15) is 4.88 Å². The van der Waals surface area contributed by atoms with E-state index in [0.29, 0.717) is 4.88 Å². The van der Waals surface area contributed by atoms with Crippen molar-refractivity contribution >= 4 is 75.4 Å². The zero-order chi connectivity index (χ0) is 16.0. The van der Waals surface area contributed by atoms with Gasteiger partial charge in [0.1, 0.15) is 6.61 Å². The maximum atomic E-state index is 11.6. The Kier molecular flexibility index (Phi) is 7.09. The first-order valence-electron chi connectivity index (χ1n) is 5.31. The number of aliphatic carboxylic acids is 1. The van der Waals surface area contributed by atoms with Gasteiger partial charge in [0.05, 0.1) is 0 Å². The molecule has 0 aliphatic rings. The van der Waals surface area contributed by atoms with Crippen LogP contribution in [0, 0.1) is 0 Å². The van der Waals surface area contributed by atoms with E-state index in [2.05, 4.69) is 10.1 Å². The fourth-order valence-electron chi connectivity index (χ4n) is 1.28. The van der Waals surface area contributed by atoms with Crippen LogP contribution in [0.2, 0.25) is 0 Å². The van der Waals surface area contributed by atoms with Crippen LogP contribution in [0.5, 0.6) is 0 Å². The number of carbonyl (C=O) groups is 2. The molecule has 1 amide bonds. The summed E-state index contributed by atoms with van der Waals surface area (Å²) in [5.41, 5.74) is 1.30. The molecule has 1 aromatic heterocycles. The summed E-state index contributed by atoms with van der Waals surface area (Å²) < 4.78 is 2.84. The molecule has 0 spiro atoms. The number of alkyl halides is 3. The maximum Gasteiger partial charge on any atom is 0.408 e. The van der Waals surface area contributed by atoms with Crippen molar-refractivity contribution in [3.8, 4) is 0 Å². The Morgan fingerprint density at radius 3 is 2.57 bits per heavy atom. The van der Waals surface area contributed by atoms with Crippen LogP contribution in [0.15, 0.2) is 23.0 Å². The van der Waals surface area contributed by atoms with Gasteiger partial charge in [-0.25, -0.2) is 9.59 Å². The number of carboxylic acids is 1. The molecule has 1 rings (SSSR count). The second-order valence-electron chi connectivity index (χ2n) is 3.65. The van der Waals surface area contributed by atoms with Crippen molar-refractivity contribution in [1.82, 2.24) is 5.32 Å². The number of ether oxygens (including phenoxy) is 1. The average molecular weight is 393 g/mol. The predicted molar refractivity (Wildman–Crippen MR) is 84.3 cm³/mol. The van der Waals surface area contributed by atoms with E-state index >= 15 is 0 Å². The van der Waals surface area contributed by atoms with Crippen molar-refractivity contribution in [2.45, 2.75) is 9.83 Å². The van der Waals surface area contributed by atoms with Crippen LogP contribution in [-0.4, -0.2) is 33.6 Å². The minimum Gasteiger partial charge on any atom is -0.479 e. The third-order valence-corrected chi connectivity index (χ3v) is 3.59. The summed E-state index contributed by atoms with van der Waals surface area (Å²) in [7, 11) is 0. The summed E-state index contributed by atoms with van der Waals surface area (Å²) in [6.45, 7) is -0.519. The monoisotopic (exact) mass is 391 g/mol. The van der Waals surface area contributed by atoms with E-state index in [4.69, 9.17) is 46.4 Å². The van der Waals surface area contributed by atoms with Crippen molar-refractivity contribution in [2.24, 2.45) is 0 Å². The summed E-state index contributed by atoms with van der Waals surface area (Å²) in [5.74, 6) is -1.30. The molecule has 1 unspecified atom stereocenters. The number of rotatable bonds is 5. The quantitative estimate of drug-likeness (QED) is 0.745. The molecule has 0 saturated carbocycles. The maximum absolute atomic E-state index is 11.6. The van der Waals surface area contributed by atoms with Crippen molar-refractivity contribution in [3.05, 3.63) is 27.9 Å². The molecule has 1 aromatic rings. The van der Waals surface area contributed by atoms with Gasteiger partial charge >= 0.3 is 12.1 Å². The number of carboxylic acid groups (broad SMARTS) is 1. The van der Waals surface area contributed by atoms with E-state index in [1.165, 1.54) is 11.3 Å². The molecular formula is C11H9Cl4NO4S. The minimum atomic E-state index is -1.78. The number of nitrogens with one attached hydrogen (secondary N) is 1. The van der Waals surface area contributed by atoms with Crippen molar-refractivity contribution in [1.29, 1.82) is 0 Å². The second-order valence-corrected chi connectivity index (χ2v) is 7.33. The van der Waals surface area contributed by atoms with Crippen LogP contribution < -0.4 is 5.32 Å². The average Bonchev–Trinajstić information content (AvgIpc) is 2.89. The topological polar surface area (TPSA) is 75.6 Å². The summed E-state index contributed by atoms with van der Waals surface area (Å²) in [4.78, 5) is 23.4. The van der Waals surface area contributed by atoms with E-state index in [-0.39, 0.29) is 5.57 Å². The number of halogens is 4. The molecule has 0 aliphatic carbocycles. The lowest BCUT2D eigenvalue weighted by molar-refractivity contribution is -0.137. The zero-order valence-corrected chi connectivity index (χ0v) is 14.0. The van der Waals surface area contributed by atoms with Gasteiger partial charge < -0.3 is 15.2 Å². The predicted octanol–water partition coefficient (Wildman–Crippen LogP) is 3.88. The Bertz CT molecular complexity index is 527. The standard InChI is InChI=1S/C11H9Cl4NO4S/c12-4-6(7-2-1-3-21-7)8(9(17)18)16-10(19)20-5-11(13,14)15/h1-4,8H,5H2,(H,16,19)(H,17,18)/b6-4-. The first-order chi connectivity index (χ1) is 9.74. The van der Waals surface area contributed by atoms with Gasteiger partial charge in [-0.1, -0.05) is 52.5 Å². The van der Waals surface area contributed by atoms with Gasteiger partial charge in [-0.05, 0) is 11.4 Å². The number of thiophene rings is 1. The Morgan fingerprint density at radius 1 is 1.48 bits per heavy atom. The molecule has 0 bridgehead atoms. The molecule has 21 heavy (non-hydrogen) atoms. The Morgan fingerprint density at radius 2 is 2.14 bits per heavy atom. The summed E-state index contributed by atoms with van der Waals surface area (Å²) in [6, 6.07) is 2.01. The Hall–Kier alpha value is -0.660. The Labute approximate surface area is 144 Å².